The number of benzene rings is 4. The molecule has 0 saturated carbocycles. The van der Waals surface area contributed by atoms with Gasteiger partial charge in [0.1, 0.15) is 23.0 Å². The van der Waals surface area contributed by atoms with Gasteiger partial charge in [-0.15, -0.1) is 13.2 Å². The van der Waals surface area contributed by atoms with Crippen LogP contribution in [0.5, 0.6) is 23.0 Å². The molecule has 4 aromatic rings. The van der Waals surface area contributed by atoms with E-state index in [0.717, 1.165) is 45.3 Å². The standard InChI is InChI=1S/C30H28N2O2/c1-3-5-23-19-21(7-17-29(23)33-27-13-9-25(31)10-14-27)22-8-18-30(24(20-22)6-4-2)34-28-15-11-26(32)12-16-28/h3-4,7-20H,1-2,5-6,31-32H2. The quantitative estimate of drug-likeness (QED) is 0.205. The molecular weight excluding hydrogens is 420 g/mol. The van der Waals surface area contributed by atoms with E-state index < -0.39 is 0 Å². The third-order valence-corrected chi connectivity index (χ3v) is 5.40. The normalized spacial score (nSPS) is 10.5. The van der Waals surface area contributed by atoms with Gasteiger partial charge in [0.05, 0.1) is 0 Å². The van der Waals surface area contributed by atoms with Crippen molar-refractivity contribution in [2.75, 3.05) is 11.5 Å². The van der Waals surface area contributed by atoms with E-state index in [-0.39, 0.29) is 0 Å². The highest BCUT2D eigenvalue weighted by molar-refractivity contribution is 5.68. The molecule has 0 heterocycles. The lowest BCUT2D eigenvalue weighted by Crippen LogP contribution is -1.95. The summed E-state index contributed by atoms with van der Waals surface area (Å²) in [7, 11) is 0. The zero-order valence-electron chi connectivity index (χ0n) is 19.0. The Morgan fingerprint density at radius 3 is 1.29 bits per heavy atom. The SMILES string of the molecule is C=CCc1cc(-c2ccc(Oc3ccc(N)cc3)c(CC=C)c2)ccc1Oc1ccc(N)cc1. The number of hydrogen-bond donors (Lipinski definition) is 2. The van der Waals surface area contributed by atoms with Crippen molar-refractivity contribution < 1.29 is 9.47 Å². The number of nitrogens with two attached hydrogens (primary N) is 2. The lowest BCUT2D eigenvalue weighted by Gasteiger charge is -2.15. The molecule has 0 saturated heterocycles. The smallest absolute Gasteiger partial charge is 0.130 e. The summed E-state index contributed by atoms with van der Waals surface area (Å²) in [5.41, 5.74) is 17.3. The summed E-state index contributed by atoms with van der Waals surface area (Å²) in [6, 6.07) is 27.2. The molecule has 4 nitrogen and oxygen atoms in total. The number of anilines is 2. The van der Waals surface area contributed by atoms with Crippen molar-refractivity contribution in [3.8, 4) is 34.1 Å². The van der Waals surface area contributed by atoms with Crippen LogP contribution < -0.4 is 20.9 Å². The summed E-state index contributed by atoms with van der Waals surface area (Å²) >= 11 is 0. The lowest BCUT2D eigenvalue weighted by molar-refractivity contribution is 0.477. The molecule has 0 aromatic heterocycles. The Bertz CT molecular complexity index is 1190. The van der Waals surface area contributed by atoms with Crippen molar-refractivity contribution in [3.05, 3.63) is 121 Å². The van der Waals surface area contributed by atoms with Crippen molar-refractivity contribution in [3.63, 3.8) is 0 Å². The van der Waals surface area contributed by atoms with Gasteiger partial charge in [0.2, 0.25) is 0 Å². The Morgan fingerprint density at radius 1 is 0.559 bits per heavy atom. The predicted octanol–water partition coefficient (Wildman–Crippen LogP) is 7.56. The molecule has 4 aromatic carbocycles. The summed E-state index contributed by atoms with van der Waals surface area (Å²) in [6.07, 6.45) is 5.13. The average Bonchev–Trinajstić information content (AvgIpc) is 2.84. The Kier molecular flexibility index (Phi) is 6.99. The van der Waals surface area contributed by atoms with Crippen LogP contribution in [0.1, 0.15) is 11.1 Å². The topological polar surface area (TPSA) is 70.5 Å². The summed E-state index contributed by atoms with van der Waals surface area (Å²) in [4.78, 5) is 0. The largest absolute Gasteiger partial charge is 0.457 e. The van der Waals surface area contributed by atoms with Gasteiger partial charge in [-0.25, -0.2) is 0 Å². The molecule has 4 N–H and O–H groups in total. The van der Waals surface area contributed by atoms with Gasteiger partial charge in [0.15, 0.2) is 0 Å². The summed E-state index contributed by atoms with van der Waals surface area (Å²) in [6.45, 7) is 7.81. The molecule has 0 aliphatic rings. The molecular formula is C30H28N2O2. The van der Waals surface area contributed by atoms with Crippen molar-refractivity contribution in [2.45, 2.75) is 12.8 Å². The fraction of sp³-hybridized carbons (Fsp3) is 0.0667. The first-order valence-electron chi connectivity index (χ1n) is 11.1. The monoisotopic (exact) mass is 448 g/mol. The van der Waals surface area contributed by atoms with Crippen LogP contribution in [0.3, 0.4) is 0 Å². The van der Waals surface area contributed by atoms with Gasteiger partial charge in [0, 0.05) is 11.4 Å². The fourth-order valence-corrected chi connectivity index (χ4v) is 3.67. The molecule has 170 valence electrons. The first-order valence-corrected chi connectivity index (χ1v) is 11.1. The zero-order valence-corrected chi connectivity index (χ0v) is 19.0. The highest BCUT2D eigenvalue weighted by Crippen LogP contribution is 2.34. The molecule has 0 amide bonds. The van der Waals surface area contributed by atoms with Gasteiger partial charge < -0.3 is 20.9 Å². The maximum atomic E-state index is 6.12. The summed E-state index contributed by atoms with van der Waals surface area (Å²) < 4.78 is 12.2. The Labute approximate surface area is 200 Å². The third-order valence-electron chi connectivity index (χ3n) is 5.40. The molecule has 0 bridgehead atoms. The minimum Gasteiger partial charge on any atom is -0.457 e. The van der Waals surface area contributed by atoms with Crippen LogP contribution >= 0.6 is 0 Å². The third kappa shape index (κ3) is 5.48. The molecule has 0 aliphatic heterocycles. The lowest BCUT2D eigenvalue weighted by atomic mass is 9.98. The molecule has 34 heavy (non-hydrogen) atoms. The van der Waals surface area contributed by atoms with E-state index in [1.165, 1.54) is 0 Å². The number of ether oxygens (including phenoxy) is 2. The number of allylic oxidation sites excluding steroid dienone is 2. The molecule has 4 rings (SSSR count). The van der Waals surface area contributed by atoms with E-state index >= 15 is 0 Å². The highest BCUT2D eigenvalue weighted by Gasteiger charge is 2.11. The molecule has 4 heteroatoms. The van der Waals surface area contributed by atoms with Gasteiger partial charge in [-0.05, 0) is 108 Å². The maximum Gasteiger partial charge on any atom is 0.130 e. The van der Waals surface area contributed by atoms with Crippen molar-refractivity contribution >= 4 is 11.4 Å². The van der Waals surface area contributed by atoms with Crippen molar-refractivity contribution in [1.29, 1.82) is 0 Å². The van der Waals surface area contributed by atoms with E-state index in [0.29, 0.717) is 24.2 Å². The van der Waals surface area contributed by atoms with Crippen LogP contribution in [0.2, 0.25) is 0 Å². The first-order chi connectivity index (χ1) is 16.6. The van der Waals surface area contributed by atoms with Crippen LogP contribution in [-0.2, 0) is 12.8 Å². The summed E-state index contributed by atoms with van der Waals surface area (Å²) in [5, 5.41) is 0. The Hall–Kier alpha value is -4.44. The van der Waals surface area contributed by atoms with Crippen LogP contribution in [0, 0.1) is 0 Å². The molecule has 0 aliphatic carbocycles. The van der Waals surface area contributed by atoms with Gasteiger partial charge in [0.25, 0.3) is 0 Å². The van der Waals surface area contributed by atoms with Gasteiger partial charge in [-0.3, -0.25) is 0 Å². The van der Waals surface area contributed by atoms with E-state index in [1.54, 1.807) is 0 Å². The second-order valence-electron chi connectivity index (χ2n) is 7.97. The van der Waals surface area contributed by atoms with Crippen molar-refractivity contribution in [2.24, 2.45) is 0 Å². The predicted molar refractivity (Wildman–Crippen MR) is 142 cm³/mol. The molecule has 0 unspecified atom stereocenters. The first kappa shape index (κ1) is 22.7. The van der Waals surface area contributed by atoms with Gasteiger partial charge in [-0.1, -0.05) is 24.3 Å². The van der Waals surface area contributed by atoms with E-state index in [1.807, 2.05) is 72.8 Å². The Morgan fingerprint density at radius 2 is 0.941 bits per heavy atom. The van der Waals surface area contributed by atoms with Crippen molar-refractivity contribution in [1.82, 2.24) is 0 Å². The molecule has 0 fully saturated rings. The van der Waals surface area contributed by atoms with Crippen LogP contribution in [0.15, 0.2) is 110 Å². The number of rotatable bonds is 9. The van der Waals surface area contributed by atoms with Crippen LogP contribution in [0.4, 0.5) is 11.4 Å². The maximum absolute atomic E-state index is 6.12. The molecule has 0 spiro atoms. The minimum atomic E-state index is 0.690. The van der Waals surface area contributed by atoms with E-state index in [2.05, 4.69) is 37.4 Å². The second kappa shape index (κ2) is 10.5. The van der Waals surface area contributed by atoms with Gasteiger partial charge in [-0.2, -0.15) is 0 Å². The highest BCUT2D eigenvalue weighted by atomic mass is 16.5. The van der Waals surface area contributed by atoms with Gasteiger partial charge >= 0.3 is 0 Å². The van der Waals surface area contributed by atoms with E-state index in [4.69, 9.17) is 20.9 Å². The molecule has 0 atom stereocenters. The number of nitrogen functional groups attached to an aromatic ring is 2. The van der Waals surface area contributed by atoms with Crippen LogP contribution in [0.25, 0.3) is 11.1 Å². The average molecular weight is 449 g/mol. The molecule has 0 radical (unpaired) electrons. The van der Waals surface area contributed by atoms with Crippen LogP contribution in [-0.4, -0.2) is 0 Å². The second-order valence-corrected chi connectivity index (χ2v) is 7.97. The minimum absolute atomic E-state index is 0.690. The number of hydrogen-bond acceptors (Lipinski definition) is 4. The summed E-state index contributed by atoms with van der Waals surface area (Å²) in [5.74, 6) is 3.07. The fourth-order valence-electron chi connectivity index (χ4n) is 3.67. The van der Waals surface area contributed by atoms with E-state index in [9.17, 15) is 0 Å². The zero-order chi connectivity index (χ0) is 23.9. The Balaban J connectivity index is 1.64.